The molecule has 0 fully saturated rings. The number of hydrogen-bond acceptors (Lipinski definition) is 4. The second kappa shape index (κ2) is 14.0. The molecule has 0 atom stereocenters. The first kappa shape index (κ1) is 32.0. The van der Waals surface area contributed by atoms with E-state index in [4.69, 9.17) is 9.47 Å². The summed E-state index contributed by atoms with van der Waals surface area (Å²) in [6, 6.07) is 31.5. The van der Waals surface area contributed by atoms with Crippen molar-refractivity contribution >= 4 is 48.4 Å². The highest BCUT2D eigenvalue weighted by atomic mass is 16.6. The zero-order valence-electron chi connectivity index (χ0n) is 26.3. The van der Waals surface area contributed by atoms with Crippen molar-refractivity contribution in [2.75, 3.05) is 0 Å². The van der Waals surface area contributed by atoms with Gasteiger partial charge in [0, 0.05) is 0 Å². The van der Waals surface area contributed by atoms with E-state index in [-0.39, 0.29) is 11.9 Å². The highest BCUT2D eigenvalue weighted by Crippen LogP contribution is 2.18. The summed E-state index contributed by atoms with van der Waals surface area (Å²) in [5.41, 5.74) is 6.50. The zero-order valence-corrected chi connectivity index (χ0v) is 26.3. The minimum absolute atomic E-state index is 0.315. The van der Waals surface area contributed by atoms with Crippen molar-refractivity contribution in [2.45, 2.75) is 52.7 Å². The maximum atomic E-state index is 12.2. The summed E-state index contributed by atoms with van der Waals surface area (Å²) in [5, 5.41) is 0. The van der Waals surface area contributed by atoms with Crippen LogP contribution in [-0.4, -0.2) is 23.1 Å². The fourth-order valence-electron chi connectivity index (χ4n) is 4.15. The molecule has 4 nitrogen and oxygen atoms in total. The van der Waals surface area contributed by atoms with Crippen LogP contribution in [0.25, 0.3) is 36.5 Å². The van der Waals surface area contributed by atoms with Gasteiger partial charge in [0.05, 0.1) is 11.1 Å². The van der Waals surface area contributed by atoms with E-state index in [0.717, 1.165) is 33.4 Å². The molecule has 0 bridgehead atoms. The van der Waals surface area contributed by atoms with Crippen LogP contribution in [0.2, 0.25) is 0 Å². The molecule has 44 heavy (non-hydrogen) atoms. The first-order chi connectivity index (χ1) is 20.8. The van der Waals surface area contributed by atoms with Gasteiger partial charge in [-0.15, -0.1) is 0 Å². The number of benzene rings is 4. The van der Waals surface area contributed by atoms with Gasteiger partial charge in [0.2, 0.25) is 0 Å². The molecule has 0 saturated carbocycles. The van der Waals surface area contributed by atoms with Gasteiger partial charge in [-0.1, -0.05) is 109 Å². The Labute approximate surface area is 261 Å². The molecule has 0 aliphatic heterocycles. The topological polar surface area (TPSA) is 52.6 Å². The molecule has 0 radical (unpaired) electrons. The third kappa shape index (κ3) is 10.4. The lowest BCUT2D eigenvalue weighted by Crippen LogP contribution is -2.23. The maximum absolute atomic E-state index is 12.2. The van der Waals surface area contributed by atoms with E-state index in [1.807, 2.05) is 78.0 Å². The SMILES string of the molecule is CC(C)(C)OC(=O)c1ccc(/C=C\c2ccc(/C=C\c3ccc(/C=C/c4ccc(C(=O)OC(C)(C)C)cc4)cc3)cc2)cc1. The fraction of sp³-hybridized carbons (Fsp3) is 0.200. The van der Waals surface area contributed by atoms with E-state index < -0.39 is 11.2 Å². The van der Waals surface area contributed by atoms with Crippen molar-refractivity contribution < 1.29 is 19.1 Å². The molecule has 0 saturated heterocycles. The summed E-state index contributed by atoms with van der Waals surface area (Å²) in [5.74, 6) is -0.630. The quantitative estimate of drug-likeness (QED) is 0.153. The Morgan fingerprint density at radius 1 is 0.386 bits per heavy atom. The van der Waals surface area contributed by atoms with Crippen LogP contribution in [0.15, 0.2) is 97.1 Å². The number of ether oxygens (including phenoxy) is 2. The van der Waals surface area contributed by atoms with Gasteiger partial charge in [-0.3, -0.25) is 0 Å². The van der Waals surface area contributed by atoms with Gasteiger partial charge in [-0.25, -0.2) is 9.59 Å². The number of esters is 2. The fourth-order valence-corrected chi connectivity index (χ4v) is 4.15. The number of rotatable bonds is 8. The standard InChI is InChI=1S/C40H40O4/c1-39(2,3)43-37(41)35-25-21-33(22-26-35)19-17-31-13-9-29(10-14-31)7-8-30-11-15-32(16-12-30)18-20-34-23-27-36(28-24-34)38(42)44-40(4,5)6/h7-28H,1-6H3/b8-7-,19-17-,20-18+. The Bertz CT molecular complexity index is 1510. The number of carbonyl (C=O) groups excluding carboxylic acids is 2. The van der Waals surface area contributed by atoms with Crippen LogP contribution in [-0.2, 0) is 9.47 Å². The van der Waals surface area contributed by atoms with Gasteiger partial charge in [-0.2, -0.15) is 0 Å². The Morgan fingerprint density at radius 3 is 0.750 bits per heavy atom. The highest BCUT2D eigenvalue weighted by molar-refractivity contribution is 5.90. The first-order valence-corrected chi connectivity index (χ1v) is 14.7. The molecule has 0 amide bonds. The maximum Gasteiger partial charge on any atom is 0.338 e. The Kier molecular flexibility index (Phi) is 10.2. The van der Waals surface area contributed by atoms with E-state index in [1.165, 1.54) is 0 Å². The van der Waals surface area contributed by atoms with Gasteiger partial charge in [0.25, 0.3) is 0 Å². The first-order valence-electron chi connectivity index (χ1n) is 14.7. The Morgan fingerprint density at radius 2 is 0.568 bits per heavy atom. The van der Waals surface area contributed by atoms with E-state index in [2.05, 4.69) is 72.8 Å². The molecule has 0 aliphatic rings. The van der Waals surface area contributed by atoms with Crippen molar-refractivity contribution in [3.63, 3.8) is 0 Å². The van der Waals surface area contributed by atoms with Crippen molar-refractivity contribution in [2.24, 2.45) is 0 Å². The molecule has 0 aromatic heterocycles. The van der Waals surface area contributed by atoms with E-state index in [9.17, 15) is 9.59 Å². The van der Waals surface area contributed by atoms with Gasteiger partial charge in [0.1, 0.15) is 11.2 Å². The lowest BCUT2D eigenvalue weighted by atomic mass is 10.1. The van der Waals surface area contributed by atoms with Crippen LogP contribution in [0.5, 0.6) is 0 Å². The molecular formula is C40H40O4. The van der Waals surface area contributed by atoms with Crippen LogP contribution >= 0.6 is 0 Å². The summed E-state index contributed by atoms with van der Waals surface area (Å²) in [4.78, 5) is 24.4. The van der Waals surface area contributed by atoms with E-state index in [0.29, 0.717) is 11.1 Å². The third-order valence-corrected chi connectivity index (χ3v) is 6.37. The predicted molar refractivity (Wildman–Crippen MR) is 183 cm³/mol. The second-order valence-electron chi connectivity index (χ2n) is 12.6. The lowest BCUT2D eigenvalue weighted by Gasteiger charge is -2.19. The molecule has 4 aromatic carbocycles. The van der Waals surface area contributed by atoms with Crippen LogP contribution in [0.1, 0.15) is 95.6 Å². The Balaban J connectivity index is 1.29. The normalized spacial score (nSPS) is 12.2. The van der Waals surface area contributed by atoms with Crippen LogP contribution in [0, 0.1) is 0 Å². The minimum atomic E-state index is -0.512. The summed E-state index contributed by atoms with van der Waals surface area (Å²) in [6.45, 7) is 11.2. The van der Waals surface area contributed by atoms with Crippen LogP contribution in [0.4, 0.5) is 0 Å². The van der Waals surface area contributed by atoms with E-state index in [1.54, 1.807) is 24.3 Å². The number of hydrogen-bond donors (Lipinski definition) is 0. The smallest absolute Gasteiger partial charge is 0.338 e. The molecule has 4 rings (SSSR count). The third-order valence-electron chi connectivity index (χ3n) is 6.37. The van der Waals surface area contributed by atoms with Gasteiger partial charge >= 0.3 is 11.9 Å². The summed E-state index contributed by atoms with van der Waals surface area (Å²) in [7, 11) is 0. The average molecular weight is 585 g/mol. The van der Waals surface area contributed by atoms with Gasteiger partial charge in [-0.05, 0) is 99.2 Å². The average Bonchev–Trinajstić information content (AvgIpc) is 2.98. The summed E-state index contributed by atoms with van der Waals surface area (Å²) in [6.07, 6.45) is 12.4. The Hall–Kier alpha value is -4.96. The van der Waals surface area contributed by atoms with Gasteiger partial charge in [0.15, 0.2) is 0 Å². The molecule has 4 aromatic rings. The van der Waals surface area contributed by atoms with Crippen LogP contribution in [0.3, 0.4) is 0 Å². The molecule has 224 valence electrons. The summed E-state index contributed by atoms with van der Waals surface area (Å²) < 4.78 is 10.8. The predicted octanol–water partition coefficient (Wildman–Crippen LogP) is 10.1. The largest absolute Gasteiger partial charge is 0.456 e. The van der Waals surface area contributed by atoms with E-state index >= 15 is 0 Å². The van der Waals surface area contributed by atoms with Crippen LogP contribution < -0.4 is 0 Å². The molecular weight excluding hydrogens is 544 g/mol. The molecule has 4 heteroatoms. The lowest BCUT2D eigenvalue weighted by molar-refractivity contribution is 0.00570. The zero-order chi connectivity index (χ0) is 31.7. The second-order valence-corrected chi connectivity index (χ2v) is 12.6. The van der Waals surface area contributed by atoms with Crippen molar-refractivity contribution in [3.8, 4) is 0 Å². The van der Waals surface area contributed by atoms with Crippen molar-refractivity contribution in [1.82, 2.24) is 0 Å². The monoisotopic (exact) mass is 584 g/mol. The van der Waals surface area contributed by atoms with Crippen molar-refractivity contribution in [1.29, 1.82) is 0 Å². The molecule has 0 N–H and O–H groups in total. The highest BCUT2D eigenvalue weighted by Gasteiger charge is 2.18. The molecule has 0 aliphatic carbocycles. The van der Waals surface area contributed by atoms with Gasteiger partial charge < -0.3 is 9.47 Å². The number of carbonyl (C=O) groups is 2. The molecule has 0 heterocycles. The van der Waals surface area contributed by atoms with Crippen molar-refractivity contribution in [3.05, 3.63) is 142 Å². The molecule has 0 spiro atoms. The molecule has 0 unspecified atom stereocenters. The minimum Gasteiger partial charge on any atom is -0.456 e. The summed E-state index contributed by atoms with van der Waals surface area (Å²) >= 11 is 0.